The molecule has 36 heavy (non-hydrogen) atoms. The fourth-order valence-electron chi connectivity index (χ4n) is 4.52. The van der Waals surface area contributed by atoms with Crippen LogP contribution in [0.1, 0.15) is 34.9 Å². The number of hydrogen-bond acceptors (Lipinski definition) is 8. The number of ether oxygens (including phenoxy) is 1. The van der Waals surface area contributed by atoms with Gasteiger partial charge in [0.05, 0.1) is 19.2 Å². The summed E-state index contributed by atoms with van der Waals surface area (Å²) >= 11 is 0. The molecule has 3 heterocycles. The summed E-state index contributed by atoms with van der Waals surface area (Å²) < 4.78 is 17.0. The first-order chi connectivity index (χ1) is 17.6. The molecule has 1 N–H and O–H groups in total. The van der Waals surface area contributed by atoms with Gasteiger partial charge in [-0.1, -0.05) is 29.4 Å². The molecule has 4 aromatic rings. The van der Waals surface area contributed by atoms with E-state index in [1.165, 1.54) is 10.1 Å². The Morgan fingerprint density at radius 3 is 2.69 bits per heavy atom. The predicted molar refractivity (Wildman–Crippen MR) is 132 cm³/mol. The fraction of sp³-hybridized carbons (Fsp3) is 0.385. The molecule has 2 aromatic heterocycles. The molecule has 0 spiro atoms. The zero-order valence-corrected chi connectivity index (χ0v) is 20.2. The van der Waals surface area contributed by atoms with Gasteiger partial charge in [-0.2, -0.15) is 4.98 Å². The highest BCUT2D eigenvalue weighted by Crippen LogP contribution is 2.18. The van der Waals surface area contributed by atoms with Gasteiger partial charge in [-0.05, 0) is 68.1 Å². The zero-order chi connectivity index (χ0) is 24.9. The second-order valence-corrected chi connectivity index (χ2v) is 9.03. The number of amides is 1. The van der Waals surface area contributed by atoms with Crippen LogP contribution in [0.5, 0.6) is 5.75 Å². The van der Waals surface area contributed by atoms with Crippen LogP contribution in [-0.4, -0.2) is 58.8 Å². The van der Waals surface area contributed by atoms with Gasteiger partial charge in [-0.15, -0.1) is 0 Å². The summed E-state index contributed by atoms with van der Waals surface area (Å²) in [4.78, 5) is 31.3. The molecule has 0 bridgehead atoms. The number of fused-ring (bicyclic) bond motifs is 1. The molecule has 0 aliphatic carbocycles. The monoisotopic (exact) mass is 491 g/mol. The van der Waals surface area contributed by atoms with Crippen molar-refractivity contribution in [3.8, 4) is 5.75 Å². The first-order valence-corrected chi connectivity index (χ1v) is 12.1. The molecular weight excluding hydrogens is 462 g/mol. The summed E-state index contributed by atoms with van der Waals surface area (Å²) in [5.41, 5.74) is 2.42. The van der Waals surface area contributed by atoms with Crippen LogP contribution in [0.3, 0.4) is 0 Å². The molecule has 1 fully saturated rings. The largest absolute Gasteiger partial charge is 0.497 e. The molecule has 0 unspecified atom stereocenters. The number of aromatic nitrogens is 3. The van der Waals surface area contributed by atoms with Crippen molar-refractivity contribution in [2.75, 3.05) is 33.3 Å². The number of nitrogens with one attached hydrogen (secondary N) is 1. The number of carbonyl (C=O) groups is 1. The Morgan fingerprint density at radius 1 is 1.14 bits per heavy atom. The van der Waals surface area contributed by atoms with Gasteiger partial charge in [0.15, 0.2) is 11.4 Å². The Labute approximate surface area is 207 Å². The molecule has 10 heteroatoms. The minimum Gasteiger partial charge on any atom is -0.497 e. The highest BCUT2D eigenvalue weighted by atomic mass is 16.5. The molecule has 1 aliphatic rings. The topological polar surface area (TPSA) is 116 Å². The van der Waals surface area contributed by atoms with Crippen LogP contribution in [0.15, 0.2) is 62.3 Å². The number of piperidine rings is 1. The van der Waals surface area contributed by atoms with E-state index in [0.29, 0.717) is 23.6 Å². The van der Waals surface area contributed by atoms with Gasteiger partial charge < -0.3 is 23.9 Å². The Bertz CT molecular complexity index is 1370. The highest BCUT2D eigenvalue weighted by molar-refractivity contribution is 5.89. The molecule has 1 amide bonds. The summed E-state index contributed by atoms with van der Waals surface area (Å²) in [5, 5.41) is 6.77. The number of para-hydroxylation sites is 2. The number of hydrogen-bond donors (Lipinski definition) is 1. The van der Waals surface area contributed by atoms with E-state index >= 15 is 0 Å². The number of benzene rings is 2. The lowest BCUT2D eigenvalue weighted by Gasteiger charge is -2.31. The maximum Gasteiger partial charge on any atom is 0.420 e. The number of rotatable bonds is 9. The minimum absolute atomic E-state index is 0.0572. The highest BCUT2D eigenvalue weighted by Gasteiger charge is 2.22. The smallest absolute Gasteiger partial charge is 0.420 e. The van der Waals surface area contributed by atoms with Crippen LogP contribution in [-0.2, 0) is 13.0 Å². The Kier molecular flexibility index (Phi) is 7.13. The maximum absolute atomic E-state index is 12.5. The second-order valence-electron chi connectivity index (χ2n) is 9.03. The molecule has 0 radical (unpaired) electrons. The number of methoxy groups -OCH3 is 1. The van der Waals surface area contributed by atoms with Crippen molar-refractivity contribution in [2.24, 2.45) is 5.92 Å². The first kappa shape index (κ1) is 23.8. The first-order valence-electron chi connectivity index (χ1n) is 12.1. The number of nitrogens with zero attached hydrogens (tertiary/aromatic N) is 4. The Balaban J connectivity index is 1.07. The van der Waals surface area contributed by atoms with Crippen molar-refractivity contribution >= 4 is 17.0 Å². The van der Waals surface area contributed by atoms with Gasteiger partial charge >= 0.3 is 17.6 Å². The van der Waals surface area contributed by atoms with Crippen molar-refractivity contribution in [3.05, 3.63) is 76.4 Å². The standard InChI is InChI=1S/C26H29N5O5/c1-34-20-8-6-18(7-9-20)10-13-30-14-11-19(12-15-30)16-27-24(32)25-28-23(29-36-25)17-31-21-4-2-3-5-22(21)35-26(31)33/h2-9,19H,10-17H2,1H3,(H,27,32). The quantitative estimate of drug-likeness (QED) is 0.380. The molecule has 5 rings (SSSR count). The predicted octanol–water partition coefficient (Wildman–Crippen LogP) is 2.72. The van der Waals surface area contributed by atoms with Crippen molar-refractivity contribution in [1.82, 2.24) is 24.9 Å². The molecule has 0 saturated carbocycles. The van der Waals surface area contributed by atoms with Crippen LogP contribution in [0.25, 0.3) is 11.1 Å². The minimum atomic E-state index is -0.512. The van der Waals surface area contributed by atoms with E-state index in [2.05, 4.69) is 32.5 Å². The van der Waals surface area contributed by atoms with Crippen LogP contribution in [0.4, 0.5) is 0 Å². The van der Waals surface area contributed by atoms with Gasteiger partial charge in [-0.3, -0.25) is 9.36 Å². The van der Waals surface area contributed by atoms with Crippen molar-refractivity contribution in [1.29, 1.82) is 0 Å². The summed E-state index contributed by atoms with van der Waals surface area (Å²) in [6, 6.07) is 15.3. The SMILES string of the molecule is COc1ccc(CCN2CCC(CNC(=O)c3nc(Cn4c(=O)oc5ccccc54)no3)CC2)cc1. The number of carbonyl (C=O) groups excluding carboxylic acids is 1. The molecule has 1 saturated heterocycles. The third-order valence-corrected chi connectivity index (χ3v) is 6.67. The molecule has 1 aliphatic heterocycles. The Morgan fingerprint density at radius 2 is 1.92 bits per heavy atom. The van der Waals surface area contributed by atoms with Crippen molar-refractivity contribution in [2.45, 2.75) is 25.8 Å². The summed E-state index contributed by atoms with van der Waals surface area (Å²) in [6.07, 6.45) is 3.05. The zero-order valence-electron chi connectivity index (χ0n) is 20.2. The van der Waals surface area contributed by atoms with E-state index in [9.17, 15) is 9.59 Å². The van der Waals surface area contributed by atoms with Gasteiger partial charge in [-0.25, -0.2) is 4.79 Å². The molecule has 10 nitrogen and oxygen atoms in total. The van der Waals surface area contributed by atoms with E-state index in [0.717, 1.165) is 44.6 Å². The van der Waals surface area contributed by atoms with E-state index in [4.69, 9.17) is 13.7 Å². The van der Waals surface area contributed by atoms with Gasteiger partial charge in [0, 0.05) is 13.1 Å². The number of likely N-dealkylation sites (tertiary alicyclic amines) is 1. The van der Waals surface area contributed by atoms with E-state index in [1.54, 1.807) is 25.3 Å². The van der Waals surface area contributed by atoms with E-state index in [-0.39, 0.29) is 18.3 Å². The molecular formula is C26H29N5O5. The van der Waals surface area contributed by atoms with E-state index in [1.807, 2.05) is 18.2 Å². The summed E-state index contributed by atoms with van der Waals surface area (Å²) in [7, 11) is 1.68. The van der Waals surface area contributed by atoms with E-state index < -0.39 is 11.7 Å². The third kappa shape index (κ3) is 5.49. The lowest BCUT2D eigenvalue weighted by atomic mass is 9.96. The van der Waals surface area contributed by atoms with Gasteiger partial charge in [0.2, 0.25) is 0 Å². The van der Waals surface area contributed by atoms with Crippen molar-refractivity contribution in [3.63, 3.8) is 0 Å². The molecule has 2 aromatic carbocycles. The van der Waals surface area contributed by atoms with Crippen LogP contribution in [0.2, 0.25) is 0 Å². The second kappa shape index (κ2) is 10.8. The third-order valence-electron chi connectivity index (χ3n) is 6.67. The Hall–Kier alpha value is -3.92. The summed E-state index contributed by atoms with van der Waals surface area (Å²) in [5.74, 6) is 0.494. The fourth-order valence-corrected chi connectivity index (χ4v) is 4.52. The van der Waals surface area contributed by atoms with Crippen molar-refractivity contribution < 1.29 is 18.5 Å². The lowest BCUT2D eigenvalue weighted by molar-refractivity contribution is 0.0892. The lowest BCUT2D eigenvalue weighted by Crippen LogP contribution is -2.39. The number of oxazole rings is 1. The summed E-state index contributed by atoms with van der Waals surface area (Å²) in [6.45, 7) is 3.66. The average molecular weight is 492 g/mol. The van der Waals surface area contributed by atoms with Gasteiger partial charge in [0.25, 0.3) is 0 Å². The molecule has 0 atom stereocenters. The van der Waals surface area contributed by atoms with Crippen LogP contribution >= 0.6 is 0 Å². The van der Waals surface area contributed by atoms with Gasteiger partial charge in [0.1, 0.15) is 5.75 Å². The van der Waals surface area contributed by atoms with Crippen LogP contribution < -0.4 is 15.8 Å². The van der Waals surface area contributed by atoms with Crippen LogP contribution in [0, 0.1) is 5.92 Å². The normalized spacial score (nSPS) is 14.8. The maximum atomic E-state index is 12.5. The average Bonchev–Trinajstić information content (AvgIpc) is 3.51. The molecule has 188 valence electrons.